The molecule has 2 aromatic heterocycles. The van der Waals surface area contributed by atoms with Gasteiger partial charge in [0.1, 0.15) is 22.7 Å². The number of benzene rings is 1. The monoisotopic (exact) mass is 612 g/mol. The van der Waals surface area contributed by atoms with Crippen molar-refractivity contribution in [3.63, 3.8) is 0 Å². The molecule has 3 saturated carbocycles. The lowest BCUT2D eigenvalue weighted by Gasteiger charge is -2.68. The lowest BCUT2D eigenvalue weighted by molar-refractivity contribution is -0.144. The summed E-state index contributed by atoms with van der Waals surface area (Å²) in [6, 6.07) is 8.17. The summed E-state index contributed by atoms with van der Waals surface area (Å²) in [7, 11) is -1.54. The molecule has 0 spiro atoms. The largest absolute Gasteiger partial charge is 0.506 e. The molecule has 210 valence electrons. The maximum atomic E-state index is 13.7. The fourth-order valence-corrected chi connectivity index (χ4v) is 6.39. The highest BCUT2D eigenvalue weighted by Gasteiger charge is 2.66. The molecule has 40 heavy (non-hydrogen) atoms. The number of hydrogen-bond acceptors (Lipinski definition) is 9. The molecule has 7 rings (SSSR count). The third kappa shape index (κ3) is 4.90. The van der Waals surface area contributed by atoms with Crippen molar-refractivity contribution in [1.29, 1.82) is 0 Å². The quantitative estimate of drug-likeness (QED) is 0.253. The molecule has 1 saturated heterocycles. The van der Waals surface area contributed by atoms with Crippen LogP contribution >= 0.6 is 15.9 Å². The summed E-state index contributed by atoms with van der Waals surface area (Å²) in [6.45, 7) is 4.07. The Morgan fingerprint density at radius 2 is 1.93 bits per heavy atom. The number of hydrogen-bond donors (Lipinski definition) is 4. The van der Waals surface area contributed by atoms with Gasteiger partial charge in [-0.1, -0.05) is 12.1 Å². The minimum Gasteiger partial charge on any atom is -0.506 e. The van der Waals surface area contributed by atoms with Gasteiger partial charge >= 0.3 is 7.12 Å². The number of pyridine rings is 2. The lowest BCUT2D eigenvalue weighted by atomic mass is 9.42. The number of carbonyl (C=O) groups is 1. The van der Waals surface area contributed by atoms with E-state index >= 15 is 0 Å². The van der Waals surface area contributed by atoms with Gasteiger partial charge in [-0.2, -0.15) is 0 Å². The molecule has 1 unspecified atom stereocenters. The van der Waals surface area contributed by atoms with Gasteiger partial charge in [0.05, 0.1) is 25.2 Å². The van der Waals surface area contributed by atoms with Crippen LogP contribution in [0.2, 0.25) is 0 Å². The number of aromatic hydroxyl groups is 1. The van der Waals surface area contributed by atoms with Crippen LogP contribution in [-0.2, 0) is 11.3 Å². The van der Waals surface area contributed by atoms with E-state index in [-0.39, 0.29) is 17.2 Å². The van der Waals surface area contributed by atoms with Crippen LogP contribution in [0, 0.1) is 11.8 Å². The maximum absolute atomic E-state index is 13.7. The van der Waals surface area contributed by atoms with Crippen molar-refractivity contribution < 1.29 is 29.4 Å². The molecule has 4 N–H and O–H groups in total. The molecular formula is C27H30BBrN4O7. The van der Waals surface area contributed by atoms with Crippen LogP contribution in [0.15, 0.2) is 45.8 Å². The van der Waals surface area contributed by atoms with Crippen LogP contribution in [-0.4, -0.2) is 87.6 Å². The van der Waals surface area contributed by atoms with Crippen molar-refractivity contribution >= 4 is 45.5 Å². The van der Waals surface area contributed by atoms with Crippen molar-refractivity contribution in [2.24, 2.45) is 11.8 Å². The Morgan fingerprint density at radius 3 is 2.58 bits per heavy atom. The van der Waals surface area contributed by atoms with Crippen LogP contribution < -0.4 is 21.1 Å². The first-order valence-corrected chi connectivity index (χ1v) is 14.2. The Labute approximate surface area is 239 Å². The molecule has 13 heteroatoms. The molecule has 1 atom stereocenters. The maximum Gasteiger partial charge on any atom is 0.488 e. The summed E-state index contributed by atoms with van der Waals surface area (Å²) in [4.78, 5) is 33.8. The molecule has 1 amide bonds. The summed E-state index contributed by atoms with van der Waals surface area (Å²) in [5.41, 5.74) is -0.652. The third-order valence-corrected chi connectivity index (χ3v) is 8.95. The number of halogens is 1. The van der Waals surface area contributed by atoms with Gasteiger partial charge in [0.25, 0.3) is 11.5 Å². The lowest BCUT2D eigenvalue weighted by Crippen LogP contribution is -2.76. The molecule has 3 aliphatic carbocycles. The van der Waals surface area contributed by atoms with Gasteiger partial charge < -0.3 is 29.9 Å². The Hall–Kier alpha value is -2.97. The van der Waals surface area contributed by atoms with E-state index in [1.54, 1.807) is 36.5 Å². The average molecular weight is 613 g/mol. The zero-order valence-electron chi connectivity index (χ0n) is 21.8. The Balaban J connectivity index is 1.21. The first kappa shape index (κ1) is 27.2. The summed E-state index contributed by atoms with van der Waals surface area (Å²) >= 11 is 3.38. The van der Waals surface area contributed by atoms with Gasteiger partial charge in [-0.15, -0.1) is 0 Å². The summed E-state index contributed by atoms with van der Waals surface area (Å²) in [5, 5.41) is 33.1. The summed E-state index contributed by atoms with van der Waals surface area (Å²) in [6.07, 6.45) is 3.14. The number of amides is 1. The normalized spacial score (nSPS) is 23.8. The smallest absolute Gasteiger partial charge is 0.488 e. The number of nitrogens with one attached hydrogen (secondary N) is 1. The van der Waals surface area contributed by atoms with E-state index in [1.807, 2.05) is 0 Å². The Morgan fingerprint density at radius 1 is 1.20 bits per heavy atom. The number of morpholine rings is 1. The third-order valence-electron chi connectivity index (χ3n) is 8.51. The number of nitrogens with zero attached hydrogens (tertiary/aromatic N) is 3. The van der Waals surface area contributed by atoms with E-state index in [0.29, 0.717) is 65.5 Å². The highest BCUT2D eigenvalue weighted by atomic mass is 79.9. The molecule has 2 bridgehead atoms. The zero-order chi connectivity index (χ0) is 28.0. The highest BCUT2D eigenvalue weighted by molar-refractivity contribution is 9.10. The first-order chi connectivity index (χ1) is 19.3. The van der Waals surface area contributed by atoms with Crippen molar-refractivity contribution in [3.8, 4) is 11.5 Å². The fraction of sp³-hybridized carbons (Fsp3) is 0.444. The van der Waals surface area contributed by atoms with Crippen molar-refractivity contribution in [3.05, 3.63) is 56.9 Å². The highest BCUT2D eigenvalue weighted by Crippen LogP contribution is 2.62. The van der Waals surface area contributed by atoms with Crippen LogP contribution in [0.5, 0.6) is 11.5 Å². The van der Waals surface area contributed by atoms with Gasteiger partial charge in [-0.25, -0.2) is 4.98 Å². The van der Waals surface area contributed by atoms with Gasteiger partial charge in [0.15, 0.2) is 0 Å². The first-order valence-electron chi connectivity index (χ1n) is 13.4. The second-order valence-corrected chi connectivity index (χ2v) is 11.7. The number of ether oxygens (including phenoxy) is 2. The van der Waals surface area contributed by atoms with Crippen LogP contribution in [0.25, 0.3) is 11.0 Å². The van der Waals surface area contributed by atoms with Gasteiger partial charge in [-0.3, -0.25) is 19.1 Å². The zero-order valence-corrected chi connectivity index (χ0v) is 23.3. The molecule has 4 aliphatic rings. The second-order valence-electron chi connectivity index (χ2n) is 10.8. The predicted molar refractivity (Wildman–Crippen MR) is 151 cm³/mol. The number of rotatable bonds is 9. The predicted octanol–water partition coefficient (Wildman–Crippen LogP) is 0.464. The standard InChI is InChI=1S/C27H30BBrN4O7/c29-18-11-20-23(34)22(26(36)33(24(20)30-14-18)6-5-32-7-9-39-10-8-32)25(35)31-27-12-16(13-27)21(27)15-40-19-3-1-17(2-4-19)28(37)38/h1-4,11,14,16,21,34,37-38H,5-10,12-13,15H2,(H,31,35). The summed E-state index contributed by atoms with van der Waals surface area (Å²) < 4.78 is 13.4. The van der Waals surface area contributed by atoms with Gasteiger partial charge in [-0.05, 0) is 58.4 Å². The van der Waals surface area contributed by atoms with E-state index < -0.39 is 24.1 Å². The number of carbonyl (C=O) groups excluding carboxylic acids is 1. The number of fused-ring (bicyclic) bond motifs is 1. The van der Waals surface area contributed by atoms with E-state index in [9.17, 15) is 24.7 Å². The van der Waals surface area contributed by atoms with E-state index in [4.69, 9.17) is 9.47 Å². The summed E-state index contributed by atoms with van der Waals surface area (Å²) in [5.74, 6) is 0.0925. The molecule has 4 fully saturated rings. The molecule has 3 aromatic rings. The SMILES string of the molecule is O=C(NC12CC(C1)C2COc1ccc(B(O)O)cc1)c1c(O)c2cc(Br)cnc2n(CCN2CCOCC2)c1=O. The second kappa shape index (κ2) is 10.8. The Bertz CT molecular complexity index is 1490. The average Bonchev–Trinajstić information content (AvgIpc) is 2.92. The molecule has 1 aliphatic heterocycles. The van der Waals surface area contributed by atoms with E-state index in [2.05, 4.69) is 31.1 Å². The van der Waals surface area contributed by atoms with Crippen LogP contribution in [0.3, 0.4) is 0 Å². The molecule has 0 radical (unpaired) electrons. The van der Waals surface area contributed by atoms with E-state index in [1.165, 1.54) is 4.57 Å². The minimum absolute atomic E-state index is 0.0708. The fourth-order valence-electron chi connectivity index (χ4n) is 6.06. The van der Waals surface area contributed by atoms with Gasteiger partial charge in [0, 0.05) is 48.3 Å². The minimum atomic E-state index is -1.54. The van der Waals surface area contributed by atoms with Crippen molar-refractivity contribution in [2.45, 2.75) is 24.9 Å². The van der Waals surface area contributed by atoms with E-state index in [0.717, 1.165) is 25.9 Å². The van der Waals surface area contributed by atoms with Crippen LogP contribution in [0.1, 0.15) is 23.2 Å². The van der Waals surface area contributed by atoms with Crippen molar-refractivity contribution in [2.75, 3.05) is 39.5 Å². The van der Waals surface area contributed by atoms with Gasteiger partial charge in [0.2, 0.25) is 0 Å². The molecule has 3 heterocycles. The Kier molecular flexibility index (Phi) is 7.34. The number of aromatic nitrogens is 2. The van der Waals surface area contributed by atoms with Crippen molar-refractivity contribution in [1.82, 2.24) is 19.8 Å². The van der Waals surface area contributed by atoms with Crippen LogP contribution in [0.4, 0.5) is 0 Å². The molecule has 1 aromatic carbocycles. The molecule has 11 nitrogen and oxygen atoms in total. The topological polar surface area (TPSA) is 146 Å². The molecular weight excluding hydrogens is 583 g/mol.